The van der Waals surface area contributed by atoms with Crippen LogP contribution in [-0.2, 0) is 16.0 Å². The molecule has 0 saturated carbocycles. The molecule has 1 aromatic carbocycles. The Bertz CT molecular complexity index is 470. The second-order valence-corrected chi connectivity index (χ2v) is 5.05. The van der Waals surface area contributed by atoms with Crippen molar-refractivity contribution in [1.82, 2.24) is 0 Å². The van der Waals surface area contributed by atoms with Gasteiger partial charge in [-0.1, -0.05) is 13.0 Å². The van der Waals surface area contributed by atoms with Gasteiger partial charge in [-0.05, 0) is 30.5 Å². The maximum Gasteiger partial charge on any atom is 0.161 e. The first-order valence-corrected chi connectivity index (χ1v) is 7.04. The van der Waals surface area contributed by atoms with E-state index < -0.39 is 0 Å². The van der Waals surface area contributed by atoms with E-state index in [4.69, 9.17) is 14.2 Å². The molecule has 110 valence electrons. The van der Waals surface area contributed by atoms with Crippen LogP contribution in [0.25, 0.3) is 0 Å². The van der Waals surface area contributed by atoms with Gasteiger partial charge in [0.25, 0.3) is 0 Å². The quantitative estimate of drug-likeness (QED) is 0.802. The zero-order valence-electron chi connectivity index (χ0n) is 12.3. The van der Waals surface area contributed by atoms with E-state index in [0.29, 0.717) is 24.5 Å². The number of hydrogen-bond donors (Lipinski definition) is 0. The summed E-state index contributed by atoms with van der Waals surface area (Å²) >= 11 is 0. The van der Waals surface area contributed by atoms with Crippen molar-refractivity contribution in [2.45, 2.75) is 32.3 Å². The van der Waals surface area contributed by atoms with Gasteiger partial charge < -0.3 is 14.2 Å². The number of carbonyl (C=O) groups is 1. The lowest BCUT2D eigenvalue weighted by atomic mass is 9.91. The number of Topliss-reactive ketones (excluding diaryl/α,β-unsaturated/α-hetero) is 1. The Morgan fingerprint density at radius 1 is 1.30 bits per heavy atom. The molecule has 1 saturated heterocycles. The smallest absolute Gasteiger partial charge is 0.161 e. The van der Waals surface area contributed by atoms with Gasteiger partial charge in [0.05, 0.1) is 20.3 Å². The summed E-state index contributed by atoms with van der Waals surface area (Å²) in [7, 11) is 3.20. The Labute approximate surface area is 120 Å². The van der Waals surface area contributed by atoms with Gasteiger partial charge in [0.1, 0.15) is 5.78 Å². The topological polar surface area (TPSA) is 44.8 Å². The van der Waals surface area contributed by atoms with E-state index in [-0.39, 0.29) is 17.8 Å². The SMILES string of the molecule is CCC1OCCC1C(=O)Cc1ccc(OC)c(OC)c1. The molecule has 1 aliphatic heterocycles. The van der Waals surface area contributed by atoms with Crippen LogP contribution in [0.4, 0.5) is 0 Å². The minimum absolute atomic E-state index is 0.0353. The van der Waals surface area contributed by atoms with Gasteiger partial charge in [0.2, 0.25) is 0 Å². The minimum Gasteiger partial charge on any atom is -0.493 e. The van der Waals surface area contributed by atoms with Gasteiger partial charge in [0.15, 0.2) is 11.5 Å². The summed E-state index contributed by atoms with van der Waals surface area (Å²) in [6.45, 7) is 2.76. The van der Waals surface area contributed by atoms with Gasteiger partial charge in [-0.3, -0.25) is 4.79 Å². The summed E-state index contributed by atoms with van der Waals surface area (Å²) in [5, 5.41) is 0. The third kappa shape index (κ3) is 3.12. The molecule has 20 heavy (non-hydrogen) atoms. The van der Waals surface area contributed by atoms with Crippen LogP contribution in [0.2, 0.25) is 0 Å². The Morgan fingerprint density at radius 3 is 2.70 bits per heavy atom. The average Bonchev–Trinajstić information content (AvgIpc) is 2.95. The number of ketones is 1. The third-order valence-corrected chi connectivity index (χ3v) is 3.85. The van der Waals surface area contributed by atoms with Crippen molar-refractivity contribution in [1.29, 1.82) is 0 Å². The molecule has 0 amide bonds. The highest BCUT2D eigenvalue weighted by molar-refractivity contribution is 5.84. The Kier molecular flexibility index (Phi) is 5.01. The molecule has 2 rings (SSSR count). The lowest BCUT2D eigenvalue weighted by Crippen LogP contribution is -2.25. The van der Waals surface area contributed by atoms with Gasteiger partial charge in [-0.15, -0.1) is 0 Å². The average molecular weight is 278 g/mol. The number of carbonyl (C=O) groups excluding carboxylic acids is 1. The highest BCUT2D eigenvalue weighted by Crippen LogP contribution is 2.29. The normalized spacial score (nSPS) is 21.8. The molecule has 0 aromatic heterocycles. The van der Waals surface area contributed by atoms with Crippen LogP contribution in [0.3, 0.4) is 0 Å². The fourth-order valence-electron chi connectivity index (χ4n) is 2.74. The molecule has 1 aliphatic rings. The monoisotopic (exact) mass is 278 g/mol. The standard InChI is InChI=1S/C16H22O4/c1-4-14-12(7-8-20-14)13(17)9-11-5-6-15(18-2)16(10-11)19-3/h5-6,10,12,14H,4,7-9H2,1-3H3. The Morgan fingerprint density at radius 2 is 2.05 bits per heavy atom. The van der Waals surface area contributed by atoms with Gasteiger partial charge in [-0.2, -0.15) is 0 Å². The second-order valence-electron chi connectivity index (χ2n) is 5.05. The first kappa shape index (κ1) is 14.9. The first-order chi connectivity index (χ1) is 9.69. The van der Waals surface area contributed by atoms with Crippen molar-refractivity contribution in [2.24, 2.45) is 5.92 Å². The number of rotatable bonds is 6. The van der Waals surface area contributed by atoms with Gasteiger partial charge in [-0.25, -0.2) is 0 Å². The van der Waals surface area contributed by atoms with Crippen molar-refractivity contribution in [3.05, 3.63) is 23.8 Å². The molecule has 0 radical (unpaired) electrons. The van der Waals surface area contributed by atoms with Crippen molar-refractivity contribution < 1.29 is 19.0 Å². The Balaban J connectivity index is 2.07. The number of ether oxygens (including phenoxy) is 3. The van der Waals surface area contributed by atoms with E-state index in [1.165, 1.54) is 0 Å². The summed E-state index contributed by atoms with van der Waals surface area (Å²) in [5.41, 5.74) is 0.953. The van der Waals surface area contributed by atoms with E-state index in [1.807, 2.05) is 18.2 Å². The van der Waals surface area contributed by atoms with Crippen LogP contribution in [0.5, 0.6) is 11.5 Å². The van der Waals surface area contributed by atoms with Crippen LogP contribution in [-0.4, -0.2) is 32.7 Å². The molecular weight excluding hydrogens is 256 g/mol. The summed E-state index contributed by atoms with van der Waals surface area (Å²) in [4.78, 5) is 12.4. The molecule has 2 atom stereocenters. The minimum atomic E-state index is 0.0353. The van der Waals surface area contributed by atoms with Gasteiger partial charge >= 0.3 is 0 Å². The molecule has 1 aromatic rings. The predicted molar refractivity (Wildman–Crippen MR) is 76.4 cm³/mol. The fraction of sp³-hybridized carbons (Fsp3) is 0.562. The van der Waals surface area contributed by atoms with Crippen LogP contribution in [0.1, 0.15) is 25.3 Å². The Hall–Kier alpha value is -1.55. The molecule has 4 heteroatoms. The van der Waals surface area contributed by atoms with E-state index in [9.17, 15) is 4.79 Å². The molecule has 4 nitrogen and oxygen atoms in total. The maximum absolute atomic E-state index is 12.4. The predicted octanol–water partition coefficient (Wildman–Crippen LogP) is 2.63. The summed E-state index contributed by atoms with van der Waals surface area (Å²) in [6.07, 6.45) is 2.24. The van der Waals surface area contributed by atoms with Crippen LogP contribution >= 0.6 is 0 Å². The molecule has 0 N–H and O–H groups in total. The zero-order valence-corrected chi connectivity index (χ0v) is 12.3. The van der Waals surface area contributed by atoms with E-state index in [2.05, 4.69) is 6.92 Å². The molecule has 0 aliphatic carbocycles. The summed E-state index contributed by atoms with van der Waals surface area (Å²) < 4.78 is 16.1. The molecule has 1 fully saturated rings. The van der Waals surface area contributed by atoms with E-state index in [1.54, 1.807) is 14.2 Å². The summed E-state index contributed by atoms with van der Waals surface area (Å²) in [6, 6.07) is 5.62. The largest absolute Gasteiger partial charge is 0.493 e. The van der Waals surface area contributed by atoms with E-state index in [0.717, 1.165) is 18.4 Å². The van der Waals surface area contributed by atoms with Crippen molar-refractivity contribution >= 4 is 5.78 Å². The molecule has 1 heterocycles. The van der Waals surface area contributed by atoms with Gasteiger partial charge in [0, 0.05) is 18.9 Å². The highest BCUT2D eigenvalue weighted by atomic mass is 16.5. The van der Waals surface area contributed by atoms with Crippen LogP contribution < -0.4 is 9.47 Å². The van der Waals surface area contributed by atoms with Crippen LogP contribution in [0, 0.1) is 5.92 Å². The van der Waals surface area contributed by atoms with Crippen molar-refractivity contribution in [3.63, 3.8) is 0 Å². The third-order valence-electron chi connectivity index (χ3n) is 3.85. The second kappa shape index (κ2) is 6.75. The molecule has 0 spiro atoms. The van der Waals surface area contributed by atoms with Crippen LogP contribution in [0.15, 0.2) is 18.2 Å². The zero-order chi connectivity index (χ0) is 14.5. The van der Waals surface area contributed by atoms with Crippen molar-refractivity contribution in [3.8, 4) is 11.5 Å². The van der Waals surface area contributed by atoms with E-state index >= 15 is 0 Å². The number of hydrogen-bond acceptors (Lipinski definition) is 4. The lowest BCUT2D eigenvalue weighted by molar-refractivity contribution is -0.123. The first-order valence-electron chi connectivity index (χ1n) is 7.04. The number of methoxy groups -OCH3 is 2. The van der Waals surface area contributed by atoms with Crippen molar-refractivity contribution in [2.75, 3.05) is 20.8 Å². The maximum atomic E-state index is 12.4. The molecular formula is C16H22O4. The lowest BCUT2D eigenvalue weighted by Gasteiger charge is -2.16. The summed E-state index contributed by atoms with van der Waals surface area (Å²) in [5.74, 6) is 1.63. The fourth-order valence-corrected chi connectivity index (χ4v) is 2.74. The highest BCUT2D eigenvalue weighted by Gasteiger charge is 2.32. The number of benzene rings is 1. The molecule has 0 bridgehead atoms. The molecule has 2 unspecified atom stereocenters.